The number of amides is 1. The van der Waals surface area contributed by atoms with E-state index in [1.165, 1.54) is 24.2 Å². The number of carbonyl (C=O) groups is 1. The zero-order valence-electron chi connectivity index (χ0n) is 18.6. The highest BCUT2D eigenvalue weighted by Crippen LogP contribution is 2.42. The van der Waals surface area contributed by atoms with Gasteiger partial charge in [0.1, 0.15) is 5.82 Å². The third kappa shape index (κ3) is 4.07. The Kier molecular flexibility index (Phi) is 5.55. The maximum absolute atomic E-state index is 13.3. The van der Waals surface area contributed by atoms with Crippen molar-refractivity contribution in [3.05, 3.63) is 77.2 Å². The third-order valence-electron chi connectivity index (χ3n) is 7.13. The van der Waals surface area contributed by atoms with Gasteiger partial charge >= 0.3 is 0 Å². The van der Waals surface area contributed by atoms with Gasteiger partial charge < -0.3 is 5.32 Å². The van der Waals surface area contributed by atoms with Crippen LogP contribution in [0.1, 0.15) is 40.4 Å². The predicted octanol–water partition coefficient (Wildman–Crippen LogP) is 4.14. The van der Waals surface area contributed by atoms with Crippen molar-refractivity contribution in [2.45, 2.75) is 31.7 Å². The molecule has 2 bridgehead atoms. The Balaban J connectivity index is 1.25. The molecule has 3 saturated heterocycles. The number of piperidine rings is 3. The first-order chi connectivity index (χ1) is 15.5. The van der Waals surface area contributed by atoms with Crippen LogP contribution in [0.5, 0.6) is 0 Å². The van der Waals surface area contributed by atoms with Gasteiger partial charge in [0.15, 0.2) is 0 Å². The van der Waals surface area contributed by atoms with Gasteiger partial charge in [0, 0.05) is 48.9 Å². The molecule has 6 heteroatoms. The van der Waals surface area contributed by atoms with Gasteiger partial charge in [-0.15, -0.1) is 0 Å². The summed E-state index contributed by atoms with van der Waals surface area (Å²) in [5.74, 6) is 0.778. The molecule has 0 aliphatic carbocycles. The average molecular weight is 433 g/mol. The molecule has 2 aromatic carbocycles. The molecule has 1 N–H and O–H groups in total. The fourth-order valence-corrected chi connectivity index (χ4v) is 5.29. The van der Waals surface area contributed by atoms with E-state index in [-0.39, 0.29) is 11.7 Å². The summed E-state index contributed by atoms with van der Waals surface area (Å²) in [7, 11) is 2.00. The van der Waals surface area contributed by atoms with E-state index in [2.05, 4.69) is 16.3 Å². The molecular formula is C26H29FN4O. The number of fused-ring (bicyclic) bond motifs is 3. The Labute approximate surface area is 188 Å². The van der Waals surface area contributed by atoms with Crippen LogP contribution in [0, 0.1) is 18.7 Å². The summed E-state index contributed by atoms with van der Waals surface area (Å²) in [6.45, 7) is 4.77. The largest absolute Gasteiger partial charge is 0.350 e. The lowest BCUT2D eigenvalue weighted by Gasteiger charge is -2.50. The first-order valence-corrected chi connectivity index (χ1v) is 11.4. The Morgan fingerprint density at radius 3 is 2.59 bits per heavy atom. The van der Waals surface area contributed by atoms with Crippen molar-refractivity contribution in [1.82, 2.24) is 20.0 Å². The zero-order valence-corrected chi connectivity index (χ0v) is 18.6. The Morgan fingerprint density at radius 1 is 1.16 bits per heavy atom. The Bertz CT molecular complexity index is 1110. The number of aromatic nitrogens is 2. The number of nitrogens with zero attached hydrogens (tertiary/aromatic N) is 3. The highest BCUT2D eigenvalue weighted by molar-refractivity contribution is 5.94. The van der Waals surface area contributed by atoms with Crippen LogP contribution in [0.25, 0.3) is 11.3 Å². The molecular weight excluding hydrogens is 403 g/mol. The van der Waals surface area contributed by atoms with Crippen molar-refractivity contribution in [3.63, 3.8) is 0 Å². The second kappa shape index (κ2) is 8.51. The highest BCUT2D eigenvalue weighted by atomic mass is 19.1. The summed E-state index contributed by atoms with van der Waals surface area (Å²) in [6.07, 6.45) is 2.25. The monoisotopic (exact) mass is 432 g/mol. The minimum Gasteiger partial charge on any atom is -0.350 e. The molecule has 3 aromatic rings. The van der Waals surface area contributed by atoms with Gasteiger partial charge in [-0.2, -0.15) is 5.10 Å². The molecule has 4 unspecified atom stereocenters. The second-order valence-corrected chi connectivity index (χ2v) is 9.20. The van der Waals surface area contributed by atoms with Crippen molar-refractivity contribution >= 4 is 5.91 Å². The van der Waals surface area contributed by atoms with Crippen molar-refractivity contribution in [2.75, 3.05) is 19.6 Å². The van der Waals surface area contributed by atoms with E-state index in [0.29, 0.717) is 30.0 Å². The molecule has 4 heterocycles. The lowest BCUT2D eigenvalue weighted by atomic mass is 9.74. The van der Waals surface area contributed by atoms with Crippen molar-refractivity contribution in [2.24, 2.45) is 13.0 Å². The van der Waals surface area contributed by atoms with Crippen LogP contribution in [0.2, 0.25) is 0 Å². The topological polar surface area (TPSA) is 50.2 Å². The number of benzene rings is 2. The van der Waals surface area contributed by atoms with Gasteiger partial charge in [0.25, 0.3) is 5.91 Å². The van der Waals surface area contributed by atoms with Gasteiger partial charge in [0.05, 0.1) is 5.69 Å². The quantitative estimate of drug-likeness (QED) is 0.659. The normalized spacial score (nSPS) is 24.5. The van der Waals surface area contributed by atoms with Crippen LogP contribution in [-0.4, -0.2) is 46.3 Å². The zero-order chi connectivity index (χ0) is 22.2. The molecule has 1 amide bonds. The molecule has 6 rings (SSSR count). The molecule has 0 spiro atoms. The van der Waals surface area contributed by atoms with Gasteiger partial charge in [-0.05, 0) is 74.7 Å². The Hall–Kier alpha value is -2.99. The molecule has 3 aliphatic rings. The smallest absolute Gasteiger partial charge is 0.251 e. The number of hydrogen-bond acceptors (Lipinski definition) is 3. The maximum Gasteiger partial charge on any atom is 0.251 e. The van der Waals surface area contributed by atoms with Crippen molar-refractivity contribution in [3.8, 4) is 11.3 Å². The molecule has 4 atom stereocenters. The van der Waals surface area contributed by atoms with Crippen LogP contribution in [0.15, 0.2) is 54.6 Å². The molecule has 3 aliphatic heterocycles. The van der Waals surface area contributed by atoms with E-state index < -0.39 is 0 Å². The van der Waals surface area contributed by atoms with Gasteiger partial charge in [-0.1, -0.05) is 17.7 Å². The highest BCUT2D eigenvalue weighted by Gasteiger charge is 2.41. The summed E-state index contributed by atoms with van der Waals surface area (Å²) in [5, 5.41) is 7.85. The maximum atomic E-state index is 13.3. The number of nitrogens with one attached hydrogen (secondary N) is 1. The number of carbonyl (C=O) groups excluding carboxylic acids is 1. The molecule has 0 radical (unpaired) electrons. The number of halogens is 1. The van der Waals surface area contributed by atoms with E-state index in [1.807, 2.05) is 42.9 Å². The van der Waals surface area contributed by atoms with Crippen molar-refractivity contribution < 1.29 is 9.18 Å². The SMILES string of the molecule is Cc1ccc(C(=O)NCC2CC3CCN2CC3c2cc(-c3ccc(F)cc3)nn2C)cc1. The van der Waals surface area contributed by atoms with Crippen LogP contribution >= 0.6 is 0 Å². The average Bonchev–Trinajstić information content (AvgIpc) is 3.20. The van der Waals surface area contributed by atoms with E-state index >= 15 is 0 Å². The molecule has 3 fully saturated rings. The molecule has 32 heavy (non-hydrogen) atoms. The summed E-state index contributed by atoms with van der Waals surface area (Å²) in [6, 6.07) is 16.8. The van der Waals surface area contributed by atoms with Crippen molar-refractivity contribution in [1.29, 1.82) is 0 Å². The Morgan fingerprint density at radius 2 is 1.91 bits per heavy atom. The number of hydrogen-bond donors (Lipinski definition) is 1. The third-order valence-corrected chi connectivity index (χ3v) is 7.13. The minimum absolute atomic E-state index is 0.000212. The molecule has 0 saturated carbocycles. The standard InChI is InChI=1S/C26H29FN4O/c1-17-3-5-19(6-4-17)26(32)28-15-22-13-20-11-12-31(22)16-23(20)25-14-24(29-30(25)2)18-7-9-21(27)10-8-18/h3-10,14,20,22-23H,11-13,15-16H2,1-2H3,(H,28,32). The lowest BCUT2D eigenvalue weighted by molar-refractivity contribution is 0.0280. The minimum atomic E-state index is -0.234. The number of rotatable bonds is 5. The first-order valence-electron chi connectivity index (χ1n) is 11.4. The summed E-state index contributed by atoms with van der Waals surface area (Å²) in [4.78, 5) is 15.0. The fourth-order valence-electron chi connectivity index (χ4n) is 5.29. The lowest BCUT2D eigenvalue weighted by Crippen LogP contribution is -2.56. The van der Waals surface area contributed by atoms with E-state index in [0.717, 1.165) is 36.3 Å². The molecule has 166 valence electrons. The summed E-state index contributed by atoms with van der Waals surface area (Å²) < 4.78 is 15.3. The van der Waals surface area contributed by atoms with Crippen LogP contribution in [0.4, 0.5) is 4.39 Å². The van der Waals surface area contributed by atoms with Gasteiger partial charge in [-0.3, -0.25) is 14.4 Å². The van der Waals surface area contributed by atoms with E-state index in [1.54, 1.807) is 12.1 Å². The van der Waals surface area contributed by atoms with Gasteiger partial charge in [-0.25, -0.2) is 4.39 Å². The molecule has 5 nitrogen and oxygen atoms in total. The first kappa shape index (κ1) is 20.9. The number of aryl methyl sites for hydroxylation is 2. The van der Waals surface area contributed by atoms with Crippen LogP contribution in [0.3, 0.4) is 0 Å². The van der Waals surface area contributed by atoms with E-state index in [9.17, 15) is 9.18 Å². The molecule has 1 aromatic heterocycles. The van der Waals surface area contributed by atoms with Gasteiger partial charge in [0.2, 0.25) is 0 Å². The summed E-state index contributed by atoms with van der Waals surface area (Å²) >= 11 is 0. The summed E-state index contributed by atoms with van der Waals surface area (Å²) in [5.41, 5.74) is 4.93. The predicted molar refractivity (Wildman–Crippen MR) is 123 cm³/mol. The van der Waals surface area contributed by atoms with Crippen LogP contribution in [-0.2, 0) is 7.05 Å². The van der Waals surface area contributed by atoms with E-state index in [4.69, 9.17) is 5.10 Å². The van der Waals surface area contributed by atoms with Crippen LogP contribution < -0.4 is 5.32 Å². The fraction of sp³-hybridized carbons (Fsp3) is 0.385. The second-order valence-electron chi connectivity index (χ2n) is 9.20.